The summed E-state index contributed by atoms with van der Waals surface area (Å²) in [6.45, 7) is 7.38. The number of rotatable bonds is 2. The zero-order chi connectivity index (χ0) is 20.0. The number of fused-ring (bicyclic) bond motifs is 2. The number of hydrogen-bond acceptors (Lipinski definition) is 4. The minimum absolute atomic E-state index is 0.153. The molecule has 2 heterocycles. The van der Waals surface area contributed by atoms with Crippen LogP contribution in [0.25, 0.3) is 0 Å². The molecule has 2 bridgehead atoms. The van der Waals surface area contributed by atoms with Crippen molar-refractivity contribution in [1.29, 1.82) is 0 Å². The molecule has 5 nitrogen and oxygen atoms in total. The van der Waals surface area contributed by atoms with E-state index >= 15 is 0 Å². The molecule has 2 saturated heterocycles. The highest BCUT2D eigenvalue weighted by Crippen LogP contribution is 2.43. The lowest BCUT2D eigenvalue weighted by Gasteiger charge is -2.42. The number of nitrogens with zero attached hydrogens (tertiary/aromatic N) is 1. The Kier molecular flexibility index (Phi) is 5.02. The van der Waals surface area contributed by atoms with Gasteiger partial charge in [0, 0.05) is 6.04 Å². The van der Waals surface area contributed by atoms with E-state index in [9.17, 15) is 13.2 Å². The van der Waals surface area contributed by atoms with Crippen molar-refractivity contribution in [3.8, 4) is 12.3 Å². The number of terminal acetylenes is 1. The van der Waals surface area contributed by atoms with E-state index in [-0.39, 0.29) is 12.1 Å². The predicted octanol–water partition coefficient (Wildman–Crippen LogP) is 3.56. The van der Waals surface area contributed by atoms with Crippen LogP contribution >= 0.6 is 0 Å². The molecule has 0 aliphatic carbocycles. The summed E-state index contributed by atoms with van der Waals surface area (Å²) in [6.07, 6.45) is 7.18. The topological polar surface area (TPSA) is 63.7 Å². The molecule has 0 spiro atoms. The molecule has 4 atom stereocenters. The molecular formula is C21H27NO4S. The van der Waals surface area contributed by atoms with Gasteiger partial charge in [0.1, 0.15) is 5.60 Å². The number of ether oxygens (including phenoxy) is 1. The normalized spacial score (nSPS) is 27.9. The van der Waals surface area contributed by atoms with Crippen LogP contribution in [0.2, 0.25) is 0 Å². The van der Waals surface area contributed by atoms with Crippen LogP contribution in [0.4, 0.5) is 4.79 Å². The van der Waals surface area contributed by atoms with Gasteiger partial charge in [-0.3, -0.25) is 0 Å². The van der Waals surface area contributed by atoms with Gasteiger partial charge in [-0.25, -0.2) is 13.2 Å². The first-order chi connectivity index (χ1) is 12.5. The van der Waals surface area contributed by atoms with Crippen LogP contribution in [0.1, 0.15) is 45.6 Å². The molecule has 2 unspecified atom stereocenters. The Morgan fingerprint density at radius 3 is 2.41 bits per heavy atom. The van der Waals surface area contributed by atoms with E-state index in [2.05, 4.69) is 5.92 Å². The van der Waals surface area contributed by atoms with E-state index in [1.807, 2.05) is 27.7 Å². The summed E-state index contributed by atoms with van der Waals surface area (Å²) in [5, 5.41) is -0.679. The maximum atomic E-state index is 13.3. The number of sulfone groups is 1. The lowest BCUT2D eigenvalue weighted by Crippen LogP contribution is -2.55. The Labute approximate surface area is 162 Å². The smallest absolute Gasteiger partial charge is 0.410 e. The second-order valence-corrected chi connectivity index (χ2v) is 10.7. The number of aryl methyl sites for hydroxylation is 1. The van der Waals surface area contributed by atoms with Crippen molar-refractivity contribution in [3.05, 3.63) is 29.8 Å². The molecular weight excluding hydrogens is 362 g/mol. The minimum atomic E-state index is -3.57. The summed E-state index contributed by atoms with van der Waals surface area (Å²) >= 11 is 0. The van der Waals surface area contributed by atoms with Crippen LogP contribution in [0.3, 0.4) is 0 Å². The van der Waals surface area contributed by atoms with Crippen molar-refractivity contribution in [2.45, 2.75) is 74.8 Å². The Morgan fingerprint density at radius 2 is 1.85 bits per heavy atom. The molecule has 2 fully saturated rings. The number of carbonyl (C=O) groups is 1. The first-order valence-corrected chi connectivity index (χ1v) is 10.9. The third-order valence-electron chi connectivity index (χ3n) is 5.41. The van der Waals surface area contributed by atoms with Gasteiger partial charge in [-0.15, -0.1) is 6.42 Å². The van der Waals surface area contributed by atoms with Gasteiger partial charge in [-0.05, 0) is 59.1 Å². The Hall–Kier alpha value is -2.00. The monoisotopic (exact) mass is 389 g/mol. The fourth-order valence-electron chi connectivity index (χ4n) is 4.20. The maximum absolute atomic E-state index is 13.3. The summed E-state index contributed by atoms with van der Waals surface area (Å²) < 4.78 is 32.1. The molecule has 1 amide bonds. The molecule has 6 heteroatoms. The van der Waals surface area contributed by atoms with Crippen LogP contribution in [-0.4, -0.2) is 42.3 Å². The lowest BCUT2D eigenvalue weighted by atomic mass is 9.90. The number of piperidine rings is 1. The molecule has 0 radical (unpaired) electrons. The van der Waals surface area contributed by atoms with Crippen molar-refractivity contribution >= 4 is 15.9 Å². The second-order valence-electron chi connectivity index (χ2n) is 8.51. The van der Waals surface area contributed by atoms with Crippen molar-refractivity contribution in [1.82, 2.24) is 4.90 Å². The SMILES string of the molecule is C#CC1C(S(=O)(=O)c2ccc(C)cc2)C[C@@H]2CC[C@H]1N2C(=O)OC(C)(C)C. The van der Waals surface area contributed by atoms with E-state index in [1.54, 1.807) is 29.2 Å². The second kappa shape index (κ2) is 6.87. The first kappa shape index (κ1) is 19.8. The van der Waals surface area contributed by atoms with E-state index in [0.717, 1.165) is 12.0 Å². The Bertz CT molecular complexity index is 861. The molecule has 0 aromatic heterocycles. The van der Waals surface area contributed by atoms with Crippen LogP contribution in [-0.2, 0) is 14.6 Å². The maximum Gasteiger partial charge on any atom is 0.410 e. The Morgan fingerprint density at radius 1 is 1.22 bits per heavy atom. The molecule has 1 aromatic carbocycles. The summed E-state index contributed by atoms with van der Waals surface area (Å²) in [4.78, 5) is 14.7. The number of carbonyl (C=O) groups excluding carboxylic acids is 1. The van der Waals surface area contributed by atoms with E-state index in [0.29, 0.717) is 17.7 Å². The van der Waals surface area contributed by atoms with Gasteiger partial charge in [0.15, 0.2) is 9.84 Å². The van der Waals surface area contributed by atoms with Crippen molar-refractivity contribution in [3.63, 3.8) is 0 Å². The van der Waals surface area contributed by atoms with E-state index in [4.69, 9.17) is 11.2 Å². The lowest BCUT2D eigenvalue weighted by molar-refractivity contribution is 0.00359. The quantitative estimate of drug-likeness (QED) is 0.726. The van der Waals surface area contributed by atoms with Crippen molar-refractivity contribution in [2.24, 2.45) is 5.92 Å². The molecule has 3 rings (SSSR count). The molecule has 146 valence electrons. The highest BCUT2D eigenvalue weighted by molar-refractivity contribution is 7.92. The van der Waals surface area contributed by atoms with E-state index in [1.165, 1.54) is 0 Å². The predicted molar refractivity (Wildman–Crippen MR) is 104 cm³/mol. The standard InChI is InChI=1S/C21H27NO4S/c1-6-17-18-12-9-15(22(18)20(23)26-21(3,4)5)13-19(17)27(24,25)16-10-7-14(2)8-11-16/h1,7-8,10-11,15,17-19H,9,12-13H2,2-5H3/t15-,17?,18+,19?/m0/s1. The minimum Gasteiger partial charge on any atom is -0.444 e. The van der Waals surface area contributed by atoms with Gasteiger partial charge in [0.25, 0.3) is 0 Å². The fraction of sp³-hybridized carbons (Fsp3) is 0.571. The summed E-state index contributed by atoms with van der Waals surface area (Å²) in [5.74, 6) is 2.15. The van der Waals surface area contributed by atoms with Crippen LogP contribution in [0, 0.1) is 25.2 Å². The third-order valence-corrected chi connectivity index (χ3v) is 7.62. The molecule has 0 saturated carbocycles. The summed E-state index contributed by atoms with van der Waals surface area (Å²) in [7, 11) is -3.57. The largest absolute Gasteiger partial charge is 0.444 e. The summed E-state index contributed by atoms with van der Waals surface area (Å²) in [5.41, 5.74) is 0.398. The van der Waals surface area contributed by atoms with Gasteiger partial charge >= 0.3 is 6.09 Å². The number of amides is 1. The van der Waals surface area contributed by atoms with Crippen LogP contribution in [0.5, 0.6) is 0 Å². The fourth-order valence-corrected chi connectivity index (χ4v) is 6.19. The number of hydrogen-bond donors (Lipinski definition) is 0. The Balaban J connectivity index is 1.91. The molecule has 27 heavy (non-hydrogen) atoms. The highest BCUT2D eigenvalue weighted by atomic mass is 32.2. The van der Waals surface area contributed by atoms with Gasteiger partial charge in [0.2, 0.25) is 0 Å². The molecule has 0 N–H and O–H groups in total. The van der Waals surface area contributed by atoms with E-state index < -0.39 is 32.7 Å². The van der Waals surface area contributed by atoms with Gasteiger partial charge in [-0.2, -0.15) is 0 Å². The van der Waals surface area contributed by atoms with Gasteiger partial charge in [-0.1, -0.05) is 23.6 Å². The third kappa shape index (κ3) is 3.70. The van der Waals surface area contributed by atoms with Crippen LogP contribution < -0.4 is 0 Å². The van der Waals surface area contributed by atoms with Crippen molar-refractivity contribution in [2.75, 3.05) is 0 Å². The summed E-state index contributed by atoms with van der Waals surface area (Å²) in [6, 6.07) is 6.42. The molecule has 1 aromatic rings. The average Bonchev–Trinajstić information content (AvgIpc) is 2.88. The van der Waals surface area contributed by atoms with Gasteiger partial charge < -0.3 is 9.64 Å². The zero-order valence-corrected chi connectivity index (χ0v) is 17.1. The number of benzene rings is 1. The van der Waals surface area contributed by atoms with Crippen LogP contribution in [0.15, 0.2) is 29.2 Å². The molecule has 2 aliphatic rings. The van der Waals surface area contributed by atoms with Gasteiger partial charge in [0.05, 0.1) is 22.1 Å². The average molecular weight is 390 g/mol. The highest BCUT2D eigenvalue weighted by Gasteiger charge is 2.53. The van der Waals surface area contributed by atoms with Crippen molar-refractivity contribution < 1.29 is 17.9 Å². The zero-order valence-electron chi connectivity index (χ0n) is 16.3. The first-order valence-electron chi connectivity index (χ1n) is 9.32. The molecule has 2 aliphatic heterocycles.